The molecule has 5 heteroatoms. The largest absolute Gasteiger partial charge is 0.339 e. The molecule has 2 heterocycles. The fraction of sp³-hybridized carbons (Fsp3) is 0.333. The highest BCUT2D eigenvalue weighted by Gasteiger charge is 2.49. The molecule has 0 aliphatic carbocycles. The third-order valence-corrected chi connectivity index (χ3v) is 5.45. The van der Waals surface area contributed by atoms with E-state index in [1.54, 1.807) is 42.5 Å². The maximum absolute atomic E-state index is 12.7. The maximum atomic E-state index is 12.7. The van der Waals surface area contributed by atoms with Gasteiger partial charge in [-0.05, 0) is 52.0 Å². The molecule has 2 aromatic carbocycles. The average molecular weight is 351 g/mol. The Kier molecular flexibility index (Phi) is 3.58. The second-order valence-corrected chi connectivity index (χ2v) is 7.67. The predicted molar refractivity (Wildman–Crippen MR) is 97.1 cm³/mol. The van der Waals surface area contributed by atoms with Crippen molar-refractivity contribution < 1.29 is 19.1 Å². The molecule has 0 saturated carbocycles. The quantitative estimate of drug-likeness (QED) is 0.765. The molecule has 1 saturated heterocycles. The normalized spacial score (nSPS) is 21.3. The van der Waals surface area contributed by atoms with Crippen LogP contribution in [0.15, 0.2) is 48.5 Å². The van der Waals surface area contributed by atoms with Gasteiger partial charge in [0.15, 0.2) is 6.29 Å². The lowest BCUT2D eigenvalue weighted by Gasteiger charge is -2.30. The Balaban J connectivity index is 1.68. The predicted octanol–water partition coefficient (Wildman–Crippen LogP) is 4.09. The summed E-state index contributed by atoms with van der Waals surface area (Å²) >= 11 is 0. The molecular formula is C21H21NO4. The van der Waals surface area contributed by atoms with Crippen molar-refractivity contribution in [2.45, 2.75) is 45.2 Å². The molecule has 0 N–H and O–H groups in total. The van der Waals surface area contributed by atoms with Crippen LogP contribution in [-0.4, -0.2) is 23.0 Å². The van der Waals surface area contributed by atoms with Gasteiger partial charge in [-0.25, -0.2) is 4.90 Å². The Morgan fingerprint density at radius 1 is 0.808 bits per heavy atom. The molecular weight excluding hydrogens is 330 g/mol. The molecule has 0 atom stereocenters. The Morgan fingerprint density at radius 2 is 1.35 bits per heavy atom. The first-order valence-electron chi connectivity index (χ1n) is 8.65. The van der Waals surface area contributed by atoms with Gasteiger partial charge in [-0.2, -0.15) is 0 Å². The van der Waals surface area contributed by atoms with E-state index < -0.39 is 17.5 Å². The van der Waals surface area contributed by atoms with Crippen LogP contribution in [0.25, 0.3) is 0 Å². The first-order valence-corrected chi connectivity index (χ1v) is 8.65. The standard InChI is InChI=1S/C21H21NO4/c1-20(2)21(3,4)26-19(25-20)13-8-7-9-14(12-13)22-17(23)15-10-5-6-11-16(15)18(22)24/h5-12,19H,1-4H3. The van der Waals surface area contributed by atoms with Crippen LogP contribution in [0.2, 0.25) is 0 Å². The number of ether oxygens (including phenoxy) is 2. The van der Waals surface area contributed by atoms with Crippen molar-refractivity contribution in [3.63, 3.8) is 0 Å². The molecule has 0 radical (unpaired) electrons. The van der Waals surface area contributed by atoms with E-state index in [0.717, 1.165) is 5.56 Å². The molecule has 2 aliphatic heterocycles. The van der Waals surface area contributed by atoms with E-state index in [2.05, 4.69) is 0 Å². The number of hydrogen-bond donors (Lipinski definition) is 0. The van der Waals surface area contributed by atoms with Crippen molar-refractivity contribution in [2.75, 3.05) is 4.90 Å². The molecule has 26 heavy (non-hydrogen) atoms. The van der Waals surface area contributed by atoms with Gasteiger partial charge >= 0.3 is 0 Å². The summed E-state index contributed by atoms with van der Waals surface area (Å²) in [6, 6.07) is 14.1. The van der Waals surface area contributed by atoms with Crippen LogP contribution in [0.3, 0.4) is 0 Å². The molecule has 2 aliphatic rings. The minimum atomic E-state index is -0.546. The van der Waals surface area contributed by atoms with Gasteiger partial charge in [0.05, 0.1) is 28.0 Å². The fourth-order valence-corrected chi connectivity index (χ4v) is 3.21. The third kappa shape index (κ3) is 2.39. The number of hydrogen-bond acceptors (Lipinski definition) is 4. The average Bonchev–Trinajstić information content (AvgIpc) is 2.98. The van der Waals surface area contributed by atoms with Crippen LogP contribution < -0.4 is 4.90 Å². The molecule has 2 amide bonds. The lowest BCUT2D eigenvalue weighted by Crippen LogP contribution is -2.41. The van der Waals surface area contributed by atoms with Gasteiger partial charge in [0.1, 0.15) is 0 Å². The number of carbonyl (C=O) groups is 2. The topological polar surface area (TPSA) is 55.8 Å². The molecule has 4 rings (SSSR count). The minimum Gasteiger partial charge on any atom is -0.339 e. The van der Waals surface area contributed by atoms with Crippen molar-refractivity contribution in [1.29, 1.82) is 0 Å². The molecule has 0 spiro atoms. The van der Waals surface area contributed by atoms with Crippen molar-refractivity contribution in [3.05, 3.63) is 65.2 Å². The zero-order chi connectivity index (χ0) is 18.7. The fourth-order valence-electron chi connectivity index (χ4n) is 3.21. The summed E-state index contributed by atoms with van der Waals surface area (Å²) in [5.74, 6) is -0.617. The lowest BCUT2D eigenvalue weighted by molar-refractivity contribution is -0.0895. The molecule has 134 valence electrons. The van der Waals surface area contributed by atoms with Crippen LogP contribution in [0.4, 0.5) is 5.69 Å². The summed E-state index contributed by atoms with van der Waals surface area (Å²) in [5.41, 5.74) is 1.24. The summed E-state index contributed by atoms with van der Waals surface area (Å²) in [6.45, 7) is 7.95. The SMILES string of the molecule is CC1(C)OC(c2cccc(N3C(=O)c4ccccc4C3=O)c2)OC1(C)C. The van der Waals surface area contributed by atoms with Crippen LogP contribution in [0.5, 0.6) is 0 Å². The first kappa shape index (κ1) is 16.9. The van der Waals surface area contributed by atoms with E-state index in [4.69, 9.17) is 9.47 Å². The van der Waals surface area contributed by atoms with Gasteiger partial charge in [-0.3, -0.25) is 9.59 Å². The van der Waals surface area contributed by atoms with E-state index in [1.165, 1.54) is 4.90 Å². The summed E-state index contributed by atoms with van der Waals surface area (Å²) in [7, 11) is 0. The Bertz CT molecular complexity index is 865. The highest BCUT2D eigenvalue weighted by molar-refractivity contribution is 6.34. The number of benzene rings is 2. The molecule has 5 nitrogen and oxygen atoms in total. The number of fused-ring (bicyclic) bond motifs is 1. The summed E-state index contributed by atoms with van der Waals surface area (Å²) in [4.78, 5) is 26.6. The van der Waals surface area contributed by atoms with E-state index in [0.29, 0.717) is 16.8 Å². The second-order valence-electron chi connectivity index (χ2n) is 7.67. The Hall–Kier alpha value is -2.50. The molecule has 1 fully saturated rings. The van der Waals surface area contributed by atoms with Gasteiger partial charge in [-0.1, -0.05) is 24.3 Å². The van der Waals surface area contributed by atoms with E-state index in [1.807, 2.05) is 33.8 Å². The zero-order valence-electron chi connectivity index (χ0n) is 15.3. The zero-order valence-corrected chi connectivity index (χ0v) is 15.3. The number of rotatable bonds is 2. The van der Waals surface area contributed by atoms with Gasteiger partial charge in [-0.15, -0.1) is 0 Å². The number of nitrogens with zero attached hydrogens (tertiary/aromatic N) is 1. The number of imide groups is 1. The number of anilines is 1. The maximum Gasteiger partial charge on any atom is 0.266 e. The second kappa shape index (κ2) is 5.50. The summed E-state index contributed by atoms with van der Waals surface area (Å²) in [6.07, 6.45) is -0.546. The third-order valence-electron chi connectivity index (χ3n) is 5.45. The van der Waals surface area contributed by atoms with Gasteiger partial charge < -0.3 is 9.47 Å². The van der Waals surface area contributed by atoms with Crippen LogP contribution >= 0.6 is 0 Å². The van der Waals surface area contributed by atoms with E-state index >= 15 is 0 Å². The van der Waals surface area contributed by atoms with E-state index in [9.17, 15) is 9.59 Å². The summed E-state index contributed by atoms with van der Waals surface area (Å²) in [5, 5.41) is 0. The molecule has 0 bridgehead atoms. The monoisotopic (exact) mass is 351 g/mol. The van der Waals surface area contributed by atoms with Crippen molar-refractivity contribution in [1.82, 2.24) is 0 Å². The van der Waals surface area contributed by atoms with Gasteiger partial charge in [0, 0.05) is 5.56 Å². The first-order chi connectivity index (χ1) is 12.2. The molecule has 0 aromatic heterocycles. The minimum absolute atomic E-state index is 0.309. The molecule has 0 unspecified atom stereocenters. The number of carbonyl (C=O) groups excluding carboxylic acids is 2. The number of amides is 2. The lowest BCUT2D eigenvalue weighted by atomic mass is 9.90. The Labute approximate surface area is 152 Å². The van der Waals surface area contributed by atoms with Crippen molar-refractivity contribution >= 4 is 17.5 Å². The van der Waals surface area contributed by atoms with Gasteiger partial charge in [0.25, 0.3) is 11.8 Å². The summed E-state index contributed by atoms with van der Waals surface area (Å²) < 4.78 is 12.1. The van der Waals surface area contributed by atoms with Crippen molar-refractivity contribution in [3.8, 4) is 0 Å². The van der Waals surface area contributed by atoms with Crippen LogP contribution in [0.1, 0.15) is 60.3 Å². The van der Waals surface area contributed by atoms with Crippen molar-refractivity contribution in [2.24, 2.45) is 0 Å². The molecule has 2 aromatic rings. The Morgan fingerprint density at radius 3 is 1.88 bits per heavy atom. The van der Waals surface area contributed by atoms with Gasteiger partial charge in [0.2, 0.25) is 0 Å². The highest BCUT2D eigenvalue weighted by atomic mass is 16.7. The van der Waals surface area contributed by atoms with E-state index in [-0.39, 0.29) is 11.8 Å². The van der Waals surface area contributed by atoms with Crippen LogP contribution in [0, 0.1) is 0 Å². The smallest absolute Gasteiger partial charge is 0.266 e. The van der Waals surface area contributed by atoms with Crippen LogP contribution in [-0.2, 0) is 9.47 Å². The highest BCUT2D eigenvalue weighted by Crippen LogP contribution is 2.45.